The number of aromatic amines is 1. The topological polar surface area (TPSA) is 65.0 Å². The Morgan fingerprint density at radius 2 is 2.12 bits per heavy atom. The van der Waals surface area contributed by atoms with E-state index in [0.717, 1.165) is 30.8 Å². The van der Waals surface area contributed by atoms with Gasteiger partial charge in [0.1, 0.15) is 0 Å². The highest BCUT2D eigenvalue weighted by Crippen LogP contribution is 2.28. The Morgan fingerprint density at radius 1 is 1.21 bits per heavy atom. The van der Waals surface area contributed by atoms with Crippen LogP contribution in [0.1, 0.15) is 23.8 Å². The highest BCUT2D eigenvalue weighted by molar-refractivity contribution is 7.15. The van der Waals surface area contributed by atoms with Crippen molar-refractivity contribution >= 4 is 11.3 Å². The Labute approximate surface area is 146 Å². The molecule has 3 rings (SSSR count). The van der Waals surface area contributed by atoms with Crippen LogP contribution in [0.5, 0.6) is 0 Å². The molecular weight excluding hydrogens is 320 g/mol. The second-order valence-corrected chi connectivity index (χ2v) is 6.92. The monoisotopic (exact) mass is 342 g/mol. The van der Waals surface area contributed by atoms with Gasteiger partial charge >= 0.3 is 0 Å². The van der Waals surface area contributed by atoms with Gasteiger partial charge in [-0.15, -0.1) is 11.3 Å². The number of hydrogen-bond acceptors (Lipinski definition) is 5. The van der Waals surface area contributed by atoms with Crippen molar-refractivity contribution in [2.24, 2.45) is 0 Å². The van der Waals surface area contributed by atoms with Crippen LogP contribution in [0.4, 0.5) is 0 Å². The van der Waals surface area contributed by atoms with E-state index < -0.39 is 0 Å². The van der Waals surface area contributed by atoms with Gasteiger partial charge in [-0.05, 0) is 36.2 Å². The first kappa shape index (κ1) is 16.8. The van der Waals surface area contributed by atoms with Crippen LogP contribution in [0.15, 0.2) is 48.9 Å². The number of hydrogen-bond donors (Lipinski definition) is 2. The molecule has 0 aliphatic heterocycles. The number of rotatable bonds is 8. The molecule has 6 heteroatoms. The number of thiophene rings is 1. The smallest absolute Gasteiger partial charge is 0.0749 e. The summed E-state index contributed by atoms with van der Waals surface area (Å²) in [5.74, 6) is 0. The number of aromatic nitrogens is 3. The third kappa shape index (κ3) is 4.08. The molecule has 0 radical (unpaired) electrons. The van der Waals surface area contributed by atoms with Gasteiger partial charge in [-0.3, -0.25) is 15.0 Å². The van der Waals surface area contributed by atoms with Crippen LogP contribution < -0.4 is 0 Å². The highest BCUT2D eigenvalue weighted by atomic mass is 32.1. The summed E-state index contributed by atoms with van der Waals surface area (Å²) in [5, 5.41) is 16.8. The van der Waals surface area contributed by atoms with E-state index in [2.05, 4.69) is 45.2 Å². The Kier molecular flexibility index (Phi) is 5.74. The largest absolute Gasteiger partial charge is 0.395 e. The second-order valence-electron chi connectivity index (χ2n) is 5.75. The third-order valence-electron chi connectivity index (χ3n) is 4.09. The molecule has 0 unspecified atom stereocenters. The van der Waals surface area contributed by atoms with Crippen molar-refractivity contribution in [2.45, 2.75) is 32.5 Å². The van der Waals surface area contributed by atoms with E-state index in [1.165, 1.54) is 9.75 Å². The molecule has 0 spiro atoms. The Balaban J connectivity index is 1.76. The Morgan fingerprint density at radius 3 is 2.79 bits per heavy atom. The lowest BCUT2D eigenvalue weighted by Crippen LogP contribution is -2.36. The first-order valence-corrected chi connectivity index (χ1v) is 8.94. The molecule has 3 aromatic heterocycles. The minimum atomic E-state index is 0.142. The molecule has 0 aliphatic rings. The zero-order valence-corrected chi connectivity index (χ0v) is 14.5. The maximum absolute atomic E-state index is 9.74. The molecule has 3 aromatic rings. The van der Waals surface area contributed by atoms with Crippen LogP contribution >= 0.6 is 11.3 Å². The molecule has 0 amide bonds. The predicted molar refractivity (Wildman–Crippen MR) is 96.5 cm³/mol. The van der Waals surface area contributed by atoms with Crippen molar-refractivity contribution in [3.63, 3.8) is 0 Å². The minimum Gasteiger partial charge on any atom is -0.395 e. The summed E-state index contributed by atoms with van der Waals surface area (Å²) < 4.78 is 0. The molecule has 5 nitrogen and oxygen atoms in total. The summed E-state index contributed by atoms with van der Waals surface area (Å²) in [6.45, 7) is 3.87. The van der Waals surface area contributed by atoms with Gasteiger partial charge in [-0.2, -0.15) is 5.10 Å². The van der Waals surface area contributed by atoms with Gasteiger partial charge in [0, 0.05) is 42.6 Å². The van der Waals surface area contributed by atoms with E-state index in [-0.39, 0.29) is 12.6 Å². The number of nitrogens with one attached hydrogen (secondary N) is 1. The van der Waals surface area contributed by atoms with Crippen LogP contribution in [0.2, 0.25) is 0 Å². The number of aliphatic hydroxyl groups is 1. The van der Waals surface area contributed by atoms with Crippen LogP contribution in [-0.4, -0.2) is 37.8 Å². The number of nitrogens with zero attached hydrogens (tertiary/aromatic N) is 3. The summed E-state index contributed by atoms with van der Waals surface area (Å²) in [6, 6.07) is 10.4. The summed E-state index contributed by atoms with van der Waals surface area (Å²) in [5.41, 5.74) is 2.20. The van der Waals surface area contributed by atoms with Gasteiger partial charge in [0.15, 0.2) is 0 Å². The molecule has 0 aromatic carbocycles. The predicted octanol–water partition coefficient (Wildman–Crippen LogP) is 3.31. The maximum atomic E-state index is 9.74. The van der Waals surface area contributed by atoms with Crippen molar-refractivity contribution < 1.29 is 5.11 Å². The summed E-state index contributed by atoms with van der Waals surface area (Å²) >= 11 is 1.76. The number of H-pyrrole nitrogens is 1. The molecule has 2 N–H and O–H groups in total. The van der Waals surface area contributed by atoms with Gasteiger partial charge in [0.25, 0.3) is 0 Å². The lowest BCUT2D eigenvalue weighted by molar-refractivity contribution is 0.107. The Hall–Kier alpha value is -2.02. The van der Waals surface area contributed by atoms with Crippen molar-refractivity contribution in [3.05, 3.63) is 59.4 Å². The van der Waals surface area contributed by atoms with Crippen molar-refractivity contribution in [1.82, 2.24) is 20.1 Å². The van der Waals surface area contributed by atoms with Gasteiger partial charge in [-0.25, -0.2) is 0 Å². The van der Waals surface area contributed by atoms with E-state index in [1.54, 1.807) is 23.7 Å². The van der Waals surface area contributed by atoms with Gasteiger partial charge in [0.05, 0.1) is 17.2 Å². The first-order chi connectivity index (χ1) is 11.8. The molecule has 1 atom stereocenters. The van der Waals surface area contributed by atoms with E-state index in [0.29, 0.717) is 0 Å². The lowest BCUT2D eigenvalue weighted by Gasteiger charge is -2.29. The molecular formula is C18H22N4OS. The first-order valence-electron chi connectivity index (χ1n) is 8.12. The molecule has 3 heterocycles. The quantitative estimate of drug-likeness (QED) is 0.659. The third-order valence-corrected chi connectivity index (χ3v) is 5.20. The molecule has 0 fully saturated rings. The highest BCUT2D eigenvalue weighted by Gasteiger charge is 2.18. The molecule has 0 aliphatic carbocycles. The second kappa shape index (κ2) is 8.19. The molecule has 0 saturated carbocycles. The zero-order chi connectivity index (χ0) is 16.8. The standard InChI is InChI=1S/C18H22N4OS/c1-2-15(13-23)22(11-14-4-3-8-19-10-14)12-16-5-6-18(24-16)17-7-9-20-21-17/h3-10,15,23H,2,11-13H2,1H3,(H,20,21)/t15-/m0/s1. The molecule has 0 bridgehead atoms. The van der Waals surface area contributed by atoms with E-state index in [1.807, 2.05) is 18.3 Å². The van der Waals surface area contributed by atoms with E-state index in [4.69, 9.17) is 0 Å². The SMILES string of the molecule is CC[C@@H](CO)N(Cc1cccnc1)Cc1ccc(-c2ccn[nH]2)s1. The van der Waals surface area contributed by atoms with Crippen molar-refractivity contribution in [1.29, 1.82) is 0 Å². The zero-order valence-electron chi connectivity index (χ0n) is 13.7. The Bertz CT molecular complexity index is 723. The van der Waals surface area contributed by atoms with Crippen LogP contribution in [-0.2, 0) is 13.1 Å². The van der Waals surface area contributed by atoms with Crippen LogP contribution in [0.25, 0.3) is 10.6 Å². The number of pyridine rings is 1. The fourth-order valence-corrected chi connectivity index (χ4v) is 3.75. The molecule has 0 saturated heterocycles. The lowest BCUT2D eigenvalue weighted by atomic mass is 10.1. The maximum Gasteiger partial charge on any atom is 0.0749 e. The molecule has 24 heavy (non-hydrogen) atoms. The fourth-order valence-electron chi connectivity index (χ4n) is 2.74. The van der Waals surface area contributed by atoms with Crippen molar-refractivity contribution in [3.8, 4) is 10.6 Å². The minimum absolute atomic E-state index is 0.142. The van der Waals surface area contributed by atoms with Gasteiger partial charge in [-0.1, -0.05) is 13.0 Å². The number of aliphatic hydroxyl groups excluding tert-OH is 1. The average molecular weight is 342 g/mol. The van der Waals surface area contributed by atoms with E-state index >= 15 is 0 Å². The summed E-state index contributed by atoms with van der Waals surface area (Å²) in [6.07, 6.45) is 6.35. The van der Waals surface area contributed by atoms with Gasteiger partial charge in [0.2, 0.25) is 0 Å². The summed E-state index contributed by atoms with van der Waals surface area (Å²) in [7, 11) is 0. The average Bonchev–Trinajstić information content (AvgIpc) is 3.28. The fraction of sp³-hybridized carbons (Fsp3) is 0.333. The van der Waals surface area contributed by atoms with E-state index in [9.17, 15) is 5.11 Å². The van der Waals surface area contributed by atoms with Crippen LogP contribution in [0, 0.1) is 0 Å². The van der Waals surface area contributed by atoms with Crippen molar-refractivity contribution in [2.75, 3.05) is 6.61 Å². The molecule has 126 valence electrons. The summed E-state index contributed by atoms with van der Waals surface area (Å²) in [4.78, 5) is 8.97. The van der Waals surface area contributed by atoms with Crippen LogP contribution in [0.3, 0.4) is 0 Å². The van der Waals surface area contributed by atoms with Gasteiger partial charge < -0.3 is 5.11 Å². The normalized spacial score (nSPS) is 12.6.